The fraction of sp³-hybridized carbons (Fsp3) is 0.238. The lowest BCUT2D eigenvalue weighted by atomic mass is 10.2. The minimum atomic E-state index is 0.685. The van der Waals surface area contributed by atoms with Crippen LogP contribution in [0.3, 0.4) is 0 Å². The van der Waals surface area contributed by atoms with Gasteiger partial charge < -0.3 is 4.90 Å². The Morgan fingerprint density at radius 3 is 2.58 bits per heavy atom. The second-order valence-corrected chi connectivity index (χ2v) is 7.37. The van der Waals surface area contributed by atoms with Crippen LogP contribution in [0.15, 0.2) is 66.3 Å². The van der Waals surface area contributed by atoms with Crippen molar-refractivity contribution in [1.29, 1.82) is 0 Å². The quantitative estimate of drug-likeness (QED) is 0.445. The number of allylic oxidation sites excluding steroid dienone is 1. The van der Waals surface area contributed by atoms with Crippen molar-refractivity contribution in [3.8, 4) is 11.4 Å². The summed E-state index contributed by atoms with van der Waals surface area (Å²) < 4.78 is 2.13. The smallest absolute Gasteiger partial charge is 0.192 e. The molecule has 3 aromatic rings. The molecule has 0 atom stereocenters. The zero-order valence-electron chi connectivity index (χ0n) is 15.5. The summed E-state index contributed by atoms with van der Waals surface area (Å²) in [4.78, 5) is 2.09. The van der Waals surface area contributed by atoms with Crippen LogP contribution in [-0.4, -0.2) is 28.9 Å². The van der Waals surface area contributed by atoms with Crippen LogP contribution in [0.1, 0.15) is 11.1 Å². The maximum Gasteiger partial charge on any atom is 0.192 e. The molecule has 3 rings (SSSR count). The van der Waals surface area contributed by atoms with Crippen molar-refractivity contribution in [3.05, 3.63) is 72.3 Å². The van der Waals surface area contributed by atoms with Gasteiger partial charge in [-0.05, 0) is 24.6 Å². The largest absolute Gasteiger partial charge is 0.378 e. The van der Waals surface area contributed by atoms with Gasteiger partial charge in [0, 0.05) is 37.6 Å². The van der Waals surface area contributed by atoms with Crippen molar-refractivity contribution in [2.75, 3.05) is 19.0 Å². The molecule has 0 aliphatic rings. The second-order valence-electron chi connectivity index (χ2n) is 6.42. The highest BCUT2D eigenvalue weighted by molar-refractivity contribution is 7.98. The molecule has 1 aromatic heterocycles. The van der Waals surface area contributed by atoms with E-state index < -0.39 is 0 Å². The number of hydrogen-bond acceptors (Lipinski definition) is 4. The first kappa shape index (κ1) is 18.3. The molecule has 5 heteroatoms. The highest BCUT2D eigenvalue weighted by atomic mass is 32.2. The highest BCUT2D eigenvalue weighted by Crippen LogP contribution is 2.28. The van der Waals surface area contributed by atoms with E-state index in [1.807, 2.05) is 20.2 Å². The molecule has 0 N–H and O–H groups in total. The van der Waals surface area contributed by atoms with Crippen LogP contribution in [0.4, 0.5) is 5.69 Å². The van der Waals surface area contributed by atoms with E-state index in [9.17, 15) is 0 Å². The maximum atomic E-state index is 4.46. The topological polar surface area (TPSA) is 34.0 Å². The van der Waals surface area contributed by atoms with Crippen LogP contribution in [0, 0.1) is 6.92 Å². The van der Waals surface area contributed by atoms with Crippen molar-refractivity contribution in [2.45, 2.75) is 24.4 Å². The van der Waals surface area contributed by atoms with Crippen LogP contribution in [0.2, 0.25) is 0 Å². The van der Waals surface area contributed by atoms with E-state index in [-0.39, 0.29) is 0 Å². The monoisotopic (exact) mass is 364 g/mol. The Morgan fingerprint density at radius 2 is 1.88 bits per heavy atom. The fourth-order valence-corrected chi connectivity index (χ4v) is 3.56. The minimum Gasteiger partial charge on any atom is -0.378 e. The maximum absolute atomic E-state index is 4.46. The lowest BCUT2D eigenvalue weighted by molar-refractivity contribution is 0.731. The van der Waals surface area contributed by atoms with Gasteiger partial charge in [0.05, 0.1) is 0 Å². The average Bonchev–Trinajstić information content (AvgIpc) is 3.04. The number of aryl methyl sites for hydroxylation is 1. The zero-order chi connectivity index (χ0) is 18.5. The predicted molar refractivity (Wildman–Crippen MR) is 111 cm³/mol. The van der Waals surface area contributed by atoms with Gasteiger partial charge in [0.1, 0.15) is 0 Å². The average molecular weight is 365 g/mol. The first-order valence-electron chi connectivity index (χ1n) is 8.58. The van der Waals surface area contributed by atoms with Gasteiger partial charge in [-0.15, -0.1) is 16.8 Å². The fourth-order valence-electron chi connectivity index (χ4n) is 2.66. The lowest BCUT2D eigenvalue weighted by Crippen LogP contribution is -2.08. The third kappa shape index (κ3) is 4.17. The van der Waals surface area contributed by atoms with E-state index in [2.05, 4.69) is 81.7 Å². The molecule has 0 unspecified atom stereocenters. The Bertz CT molecular complexity index is 881. The second kappa shape index (κ2) is 8.23. The predicted octanol–water partition coefficient (Wildman–Crippen LogP) is 4.80. The molecule has 0 fully saturated rings. The van der Waals surface area contributed by atoms with E-state index >= 15 is 0 Å². The van der Waals surface area contributed by atoms with E-state index in [4.69, 9.17) is 0 Å². The third-order valence-electron chi connectivity index (χ3n) is 4.14. The molecule has 1 heterocycles. The number of aromatic nitrogens is 3. The first-order chi connectivity index (χ1) is 12.6. The van der Waals surface area contributed by atoms with Gasteiger partial charge in [-0.3, -0.25) is 4.57 Å². The molecule has 0 aliphatic heterocycles. The van der Waals surface area contributed by atoms with Gasteiger partial charge in [0.2, 0.25) is 0 Å². The summed E-state index contributed by atoms with van der Waals surface area (Å²) in [6.45, 7) is 6.68. The van der Waals surface area contributed by atoms with Crippen molar-refractivity contribution in [2.24, 2.45) is 0 Å². The van der Waals surface area contributed by atoms with Gasteiger partial charge in [-0.2, -0.15) is 0 Å². The lowest BCUT2D eigenvalue weighted by Gasteiger charge is -2.14. The Labute approximate surface area is 159 Å². The molecule has 134 valence electrons. The minimum absolute atomic E-state index is 0.685. The molecule has 26 heavy (non-hydrogen) atoms. The molecule has 0 spiro atoms. The number of anilines is 1. The SMILES string of the molecule is C=CCn1c(SCc2ccc(C)cc2)nnc1-c1cccc(N(C)C)c1. The van der Waals surface area contributed by atoms with E-state index in [1.165, 1.54) is 11.1 Å². The molecule has 0 bridgehead atoms. The number of nitrogens with zero attached hydrogens (tertiary/aromatic N) is 4. The van der Waals surface area contributed by atoms with Crippen LogP contribution < -0.4 is 4.90 Å². The summed E-state index contributed by atoms with van der Waals surface area (Å²) in [7, 11) is 4.08. The van der Waals surface area contributed by atoms with Crippen LogP contribution in [0.25, 0.3) is 11.4 Å². The number of hydrogen-bond donors (Lipinski definition) is 0. The summed E-state index contributed by atoms with van der Waals surface area (Å²) in [5.74, 6) is 1.74. The Morgan fingerprint density at radius 1 is 1.12 bits per heavy atom. The summed E-state index contributed by atoms with van der Waals surface area (Å²) >= 11 is 1.70. The van der Waals surface area contributed by atoms with Crippen molar-refractivity contribution >= 4 is 17.4 Å². The molecule has 0 aliphatic carbocycles. The van der Waals surface area contributed by atoms with Gasteiger partial charge in [-0.1, -0.05) is 59.8 Å². The zero-order valence-corrected chi connectivity index (χ0v) is 16.3. The molecule has 0 saturated heterocycles. The molecule has 2 aromatic carbocycles. The molecule has 0 radical (unpaired) electrons. The van der Waals surface area contributed by atoms with E-state index in [0.29, 0.717) is 6.54 Å². The third-order valence-corrected chi connectivity index (χ3v) is 5.18. The van der Waals surface area contributed by atoms with Crippen LogP contribution >= 0.6 is 11.8 Å². The summed E-state index contributed by atoms with van der Waals surface area (Å²) in [6, 6.07) is 17.0. The number of rotatable bonds is 7. The Balaban J connectivity index is 1.87. The summed E-state index contributed by atoms with van der Waals surface area (Å²) in [5.41, 5.74) is 4.76. The Hall–Kier alpha value is -2.53. The standard InChI is InChI=1S/C21H24N4S/c1-5-13-25-20(18-7-6-8-19(14-18)24(3)4)22-23-21(25)26-15-17-11-9-16(2)10-12-17/h5-12,14H,1,13,15H2,2-4H3. The molecular weight excluding hydrogens is 340 g/mol. The number of benzene rings is 2. The van der Waals surface area contributed by atoms with Crippen molar-refractivity contribution in [1.82, 2.24) is 14.8 Å². The normalized spacial score (nSPS) is 10.7. The van der Waals surface area contributed by atoms with Gasteiger partial charge in [-0.25, -0.2) is 0 Å². The summed E-state index contributed by atoms with van der Waals surface area (Å²) in [6.07, 6.45) is 1.89. The van der Waals surface area contributed by atoms with E-state index in [1.54, 1.807) is 11.8 Å². The van der Waals surface area contributed by atoms with E-state index in [0.717, 1.165) is 28.0 Å². The van der Waals surface area contributed by atoms with Crippen LogP contribution in [0.5, 0.6) is 0 Å². The number of thioether (sulfide) groups is 1. The molecule has 4 nitrogen and oxygen atoms in total. The summed E-state index contributed by atoms with van der Waals surface area (Å²) in [5, 5.41) is 9.80. The molecule has 0 saturated carbocycles. The van der Waals surface area contributed by atoms with Crippen molar-refractivity contribution in [3.63, 3.8) is 0 Å². The van der Waals surface area contributed by atoms with Gasteiger partial charge >= 0.3 is 0 Å². The highest BCUT2D eigenvalue weighted by Gasteiger charge is 2.14. The van der Waals surface area contributed by atoms with Crippen LogP contribution in [-0.2, 0) is 12.3 Å². The van der Waals surface area contributed by atoms with Gasteiger partial charge in [0.15, 0.2) is 11.0 Å². The Kier molecular flexibility index (Phi) is 5.78. The van der Waals surface area contributed by atoms with Crippen molar-refractivity contribution < 1.29 is 0 Å². The first-order valence-corrected chi connectivity index (χ1v) is 9.57. The molecular formula is C21H24N4S. The molecule has 0 amide bonds. The van der Waals surface area contributed by atoms with Gasteiger partial charge in [0.25, 0.3) is 0 Å².